The fourth-order valence-electron chi connectivity index (χ4n) is 1.55. The highest BCUT2D eigenvalue weighted by atomic mass is 16.5. The van der Waals surface area contributed by atoms with Crippen LogP contribution in [0.15, 0.2) is 58.8 Å². The van der Waals surface area contributed by atoms with E-state index >= 15 is 0 Å². The molecule has 0 heterocycles. The number of carbonyl (C=O) groups excluding carboxylic acids is 1. The van der Waals surface area contributed by atoms with Crippen LogP contribution >= 0.6 is 0 Å². The third kappa shape index (κ3) is 3.41. The van der Waals surface area contributed by atoms with Crippen LogP contribution in [0.5, 0.6) is 5.75 Å². The highest BCUT2D eigenvalue weighted by Crippen LogP contribution is 2.21. The number of azo groups is 1. The summed E-state index contributed by atoms with van der Waals surface area (Å²) in [5, 5.41) is 8.19. The van der Waals surface area contributed by atoms with E-state index in [1.807, 2.05) is 24.3 Å². The summed E-state index contributed by atoms with van der Waals surface area (Å²) in [4.78, 5) is 11.3. The Bertz CT molecular complexity index is 604. The van der Waals surface area contributed by atoms with Gasteiger partial charge in [0.2, 0.25) is 0 Å². The zero-order chi connectivity index (χ0) is 14.4. The second kappa shape index (κ2) is 6.47. The van der Waals surface area contributed by atoms with E-state index in [2.05, 4.69) is 15.0 Å². The highest BCUT2D eigenvalue weighted by Gasteiger charge is 2.03. The van der Waals surface area contributed by atoms with Gasteiger partial charge in [-0.25, -0.2) is 4.79 Å². The molecule has 5 heteroatoms. The summed E-state index contributed by atoms with van der Waals surface area (Å²) in [5.41, 5.74) is 1.87. The monoisotopic (exact) mass is 270 g/mol. The van der Waals surface area contributed by atoms with Crippen LogP contribution in [-0.4, -0.2) is 20.2 Å². The van der Waals surface area contributed by atoms with Crippen LogP contribution in [-0.2, 0) is 4.74 Å². The minimum absolute atomic E-state index is 0.372. The van der Waals surface area contributed by atoms with Gasteiger partial charge in [0.05, 0.1) is 31.2 Å². The Morgan fingerprint density at radius 1 is 0.850 bits per heavy atom. The standard InChI is InChI=1S/C15H14N2O3/c1-19-14-9-7-13(8-10-14)17-16-12-5-3-11(4-6-12)15(18)20-2/h3-10H,1-2H3. The predicted octanol–water partition coefficient (Wildman–Crippen LogP) is 3.90. The van der Waals surface area contributed by atoms with Gasteiger partial charge in [-0.15, -0.1) is 0 Å². The number of nitrogens with zero attached hydrogens (tertiary/aromatic N) is 2. The summed E-state index contributed by atoms with van der Waals surface area (Å²) in [7, 11) is 2.96. The zero-order valence-electron chi connectivity index (χ0n) is 11.2. The van der Waals surface area contributed by atoms with Gasteiger partial charge in [-0.2, -0.15) is 10.2 Å². The predicted molar refractivity (Wildman–Crippen MR) is 75.0 cm³/mol. The third-order valence-corrected chi connectivity index (χ3v) is 2.64. The van der Waals surface area contributed by atoms with Crippen LogP contribution in [0, 0.1) is 0 Å². The summed E-state index contributed by atoms with van der Waals surface area (Å²) < 4.78 is 9.68. The van der Waals surface area contributed by atoms with Crippen LogP contribution in [0.3, 0.4) is 0 Å². The second-order valence-corrected chi connectivity index (χ2v) is 3.94. The Labute approximate surface area is 116 Å². The zero-order valence-corrected chi connectivity index (χ0v) is 11.2. The van der Waals surface area contributed by atoms with Gasteiger partial charge in [0.1, 0.15) is 5.75 Å². The molecule has 0 aromatic heterocycles. The largest absolute Gasteiger partial charge is 0.497 e. The van der Waals surface area contributed by atoms with E-state index in [1.54, 1.807) is 31.4 Å². The molecule has 2 aromatic rings. The maximum atomic E-state index is 11.3. The SMILES string of the molecule is COC(=O)c1ccc(N=Nc2ccc(OC)cc2)cc1. The number of ether oxygens (including phenoxy) is 2. The van der Waals surface area contributed by atoms with E-state index in [9.17, 15) is 4.79 Å². The number of methoxy groups -OCH3 is 2. The molecule has 102 valence electrons. The lowest BCUT2D eigenvalue weighted by Gasteiger charge is -1.99. The van der Waals surface area contributed by atoms with Crippen molar-refractivity contribution in [3.8, 4) is 5.75 Å². The van der Waals surface area contributed by atoms with Crippen LogP contribution in [0.1, 0.15) is 10.4 Å². The van der Waals surface area contributed by atoms with Crippen LogP contribution in [0.4, 0.5) is 11.4 Å². The summed E-state index contributed by atoms with van der Waals surface area (Å²) in [6.45, 7) is 0. The van der Waals surface area contributed by atoms with Gasteiger partial charge >= 0.3 is 5.97 Å². The second-order valence-electron chi connectivity index (χ2n) is 3.94. The molecule has 0 fully saturated rings. The van der Waals surface area contributed by atoms with E-state index in [0.29, 0.717) is 11.3 Å². The van der Waals surface area contributed by atoms with E-state index in [1.165, 1.54) is 7.11 Å². The molecule has 0 aliphatic rings. The molecule has 0 amide bonds. The Morgan fingerprint density at radius 3 is 1.80 bits per heavy atom. The molecule has 2 rings (SSSR count). The minimum Gasteiger partial charge on any atom is -0.497 e. The quantitative estimate of drug-likeness (QED) is 0.625. The molecule has 5 nitrogen and oxygen atoms in total. The van der Waals surface area contributed by atoms with Crippen LogP contribution < -0.4 is 4.74 Å². The Balaban J connectivity index is 2.08. The van der Waals surface area contributed by atoms with Crippen molar-refractivity contribution in [1.29, 1.82) is 0 Å². The van der Waals surface area contributed by atoms with Gasteiger partial charge in [-0.1, -0.05) is 0 Å². The van der Waals surface area contributed by atoms with Crippen LogP contribution in [0.2, 0.25) is 0 Å². The van der Waals surface area contributed by atoms with Crippen molar-refractivity contribution in [1.82, 2.24) is 0 Å². The average Bonchev–Trinajstić information content (AvgIpc) is 2.53. The van der Waals surface area contributed by atoms with E-state index in [4.69, 9.17) is 4.74 Å². The molecule has 0 aliphatic heterocycles. The molecule has 0 saturated carbocycles. The molecule has 0 saturated heterocycles. The van der Waals surface area contributed by atoms with Crippen molar-refractivity contribution in [2.75, 3.05) is 14.2 Å². The molecule has 0 aliphatic carbocycles. The van der Waals surface area contributed by atoms with Crippen molar-refractivity contribution in [3.05, 3.63) is 54.1 Å². The number of benzene rings is 2. The van der Waals surface area contributed by atoms with Gasteiger partial charge in [-0.05, 0) is 48.5 Å². The summed E-state index contributed by atoms with van der Waals surface area (Å²) in [6.07, 6.45) is 0. The van der Waals surface area contributed by atoms with Gasteiger partial charge < -0.3 is 9.47 Å². The van der Waals surface area contributed by atoms with Gasteiger partial charge in [0.25, 0.3) is 0 Å². The van der Waals surface area contributed by atoms with Crippen molar-refractivity contribution in [2.24, 2.45) is 10.2 Å². The van der Waals surface area contributed by atoms with E-state index in [0.717, 1.165) is 11.4 Å². The number of hydrogen-bond donors (Lipinski definition) is 0. The molecule has 0 spiro atoms. The van der Waals surface area contributed by atoms with Gasteiger partial charge in [-0.3, -0.25) is 0 Å². The first kappa shape index (κ1) is 13.7. The van der Waals surface area contributed by atoms with Gasteiger partial charge in [0.15, 0.2) is 0 Å². The third-order valence-electron chi connectivity index (χ3n) is 2.64. The molecular weight excluding hydrogens is 256 g/mol. The Kier molecular flexibility index (Phi) is 4.44. The number of hydrogen-bond acceptors (Lipinski definition) is 5. The first-order valence-corrected chi connectivity index (χ1v) is 5.97. The first-order valence-electron chi connectivity index (χ1n) is 5.97. The van der Waals surface area contributed by atoms with Crippen LogP contribution in [0.25, 0.3) is 0 Å². The molecule has 0 atom stereocenters. The topological polar surface area (TPSA) is 60.2 Å². The number of esters is 1. The van der Waals surface area contributed by atoms with Crippen molar-refractivity contribution < 1.29 is 14.3 Å². The van der Waals surface area contributed by atoms with Crippen molar-refractivity contribution >= 4 is 17.3 Å². The fraction of sp³-hybridized carbons (Fsp3) is 0.133. The van der Waals surface area contributed by atoms with Gasteiger partial charge in [0, 0.05) is 0 Å². The van der Waals surface area contributed by atoms with Crippen molar-refractivity contribution in [3.63, 3.8) is 0 Å². The van der Waals surface area contributed by atoms with E-state index < -0.39 is 0 Å². The maximum Gasteiger partial charge on any atom is 0.337 e. The number of carbonyl (C=O) groups is 1. The summed E-state index contributed by atoms with van der Waals surface area (Å²) in [6, 6.07) is 14.0. The van der Waals surface area contributed by atoms with Crippen molar-refractivity contribution in [2.45, 2.75) is 0 Å². The molecule has 20 heavy (non-hydrogen) atoms. The Hall–Kier alpha value is -2.69. The summed E-state index contributed by atoms with van der Waals surface area (Å²) >= 11 is 0. The van der Waals surface area contributed by atoms with E-state index in [-0.39, 0.29) is 5.97 Å². The minimum atomic E-state index is -0.372. The lowest BCUT2D eigenvalue weighted by atomic mass is 10.2. The molecule has 0 unspecified atom stereocenters. The lowest BCUT2D eigenvalue weighted by Crippen LogP contribution is -1.99. The first-order chi connectivity index (χ1) is 9.72. The normalized spacial score (nSPS) is 10.5. The lowest BCUT2D eigenvalue weighted by molar-refractivity contribution is 0.0601. The highest BCUT2D eigenvalue weighted by molar-refractivity contribution is 5.89. The maximum absolute atomic E-state index is 11.3. The molecule has 0 radical (unpaired) electrons. The number of rotatable bonds is 4. The Morgan fingerprint density at radius 2 is 1.35 bits per heavy atom. The average molecular weight is 270 g/mol. The summed E-state index contributed by atoms with van der Waals surface area (Å²) in [5.74, 6) is 0.398. The smallest absolute Gasteiger partial charge is 0.337 e. The molecule has 2 aromatic carbocycles. The molecular formula is C15H14N2O3. The molecule has 0 bridgehead atoms. The fourth-order valence-corrected chi connectivity index (χ4v) is 1.55. The molecule has 0 N–H and O–H groups in total.